The average molecular weight is 158 g/mol. The lowest BCUT2D eigenvalue weighted by atomic mass is 9.96. The van der Waals surface area contributed by atoms with E-state index in [4.69, 9.17) is 0 Å². The fraction of sp³-hybridized carbons (Fsp3) is 0.778. The Bertz CT molecular complexity index is 133. The Balaban J connectivity index is 3.70. The number of aliphatic hydroxyl groups is 2. The molecule has 0 aliphatic rings. The van der Waals surface area contributed by atoms with Crippen molar-refractivity contribution in [1.29, 1.82) is 0 Å². The van der Waals surface area contributed by atoms with Gasteiger partial charge >= 0.3 is 0 Å². The van der Waals surface area contributed by atoms with Gasteiger partial charge in [0.2, 0.25) is 0 Å². The fourth-order valence-corrected chi connectivity index (χ4v) is 0.736. The van der Waals surface area contributed by atoms with Crippen LogP contribution < -0.4 is 0 Å². The maximum absolute atomic E-state index is 9.34. The third-order valence-electron chi connectivity index (χ3n) is 1.66. The van der Waals surface area contributed by atoms with E-state index in [1.165, 1.54) is 0 Å². The minimum atomic E-state index is -0.991. The van der Waals surface area contributed by atoms with E-state index < -0.39 is 11.7 Å². The van der Waals surface area contributed by atoms with Gasteiger partial charge in [-0.2, -0.15) is 0 Å². The summed E-state index contributed by atoms with van der Waals surface area (Å²) >= 11 is 0. The number of rotatable bonds is 4. The lowest BCUT2D eigenvalue weighted by molar-refractivity contribution is -0.0509. The van der Waals surface area contributed by atoms with E-state index in [2.05, 4.69) is 6.58 Å². The Morgan fingerprint density at radius 2 is 2.00 bits per heavy atom. The molecule has 2 nitrogen and oxygen atoms in total. The van der Waals surface area contributed by atoms with Crippen molar-refractivity contribution in [3.63, 3.8) is 0 Å². The van der Waals surface area contributed by atoms with Gasteiger partial charge in [0.1, 0.15) is 0 Å². The van der Waals surface area contributed by atoms with E-state index >= 15 is 0 Å². The van der Waals surface area contributed by atoms with Crippen LogP contribution >= 0.6 is 0 Å². The van der Waals surface area contributed by atoms with Crippen LogP contribution in [0.1, 0.15) is 33.6 Å². The average Bonchev–Trinajstić information content (AvgIpc) is 1.80. The van der Waals surface area contributed by atoms with Gasteiger partial charge in [-0.25, -0.2) is 0 Å². The van der Waals surface area contributed by atoms with E-state index in [9.17, 15) is 10.2 Å². The van der Waals surface area contributed by atoms with Gasteiger partial charge < -0.3 is 10.2 Å². The highest BCUT2D eigenvalue weighted by Gasteiger charge is 2.23. The van der Waals surface area contributed by atoms with Crippen molar-refractivity contribution in [1.82, 2.24) is 0 Å². The lowest BCUT2D eigenvalue weighted by Crippen LogP contribution is -2.35. The van der Waals surface area contributed by atoms with Crippen LogP contribution in [-0.4, -0.2) is 21.9 Å². The molecule has 2 N–H and O–H groups in total. The van der Waals surface area contributed by atoms with E-state index in [1.807, 2.05) is 6.92 Å². The minimum Gasteiger partial charge on any atom is -0.390 e. The van der Waals surface area contributed by atoms with Crippen LogP contribution in [0.4, 0.5) is 0 Å². The van der Waals surface area contributed by atoms with Crippen molar-refractivity contribution >= 4 is 0 Å². The molecule has 0 saturated heterocycles. The first-order chi connectivity index (χ1) is 4.84. The van der Waals surface area contributed by atoms with Gasteiger partial charge in [0.05, 0.1) is 11.7 Å². The van der Waals surface area contributed by atoms with Crippen molar-refractivity contribution in [3.05, 3.63) is 12.2 Å². The summed E-state index contributed by atoms with van der Waals surface area (Å²) in [7, 11) is 0. The van der Waals surface area contributed by atoms with Crippen molar-refractivity contribution in [2.75, 3.05) is 0 Å². The second-order valence-corrected chi connectivity index (χ2v) is 3.67. The Morgan fingerprint density at radius 3 is 2.27 bits per heavy atom. The molecule has 1 atom stereocenters. The Kier molecular flexibility index (Phi) is 3.76. The summed E-state index contributed by atoms with van der Waals surface area (Å²) in [6.45, 7) is 8.84. The number of aliphatic hydroxyl groups excluding tert-OH is 1. The predicted molar refractivity (Wildman–Crippen MR) is 46.4 cm³/mol. The van der Waals surface area contributed by atoms with Crippen molar-refractivity contribution < 1.29 is 10.2 Å². The molecule has 66 valence electrons. The Labute approximate surface area is 68.6 Å². The van der Waals surface area contributed by atoms with Gasteiger partial charge in [-0.05, 0) is 33.6 Å². The molecular formula is C9H18O2. The molecule has 0 saturated carbocycles. The molecule has 0 rings (SSSR count). The van der Waals surface area contributed by atoms with Gasteiger partial charge in [-0.3, -0.25) is 0 Å². The van der Waals surface area contributed by atoms with Crippen LogP contribution in [0.5, 0.6) is 0 Å². The molecule has 2 heteroatoms. The molecule has 0 aliphatic heterocycles. The summed E-state index contributed by atoms with van der Waals surface area (Å²) in [5.74, 6) is 0. The molecule has 0 aromatic carbocycles. The topological polar surface area (TPSA) is 40.5 Å². The highest BCUT2D eigenvalue weighted by Crippen LogP contribution is 2.15. The highest BCUT2D eigenvalue weighted by atomic mass is 16.3. The zero-order chi connectivity index (χ0) is 9.07. The molecular weight excluding hydrogens is 140 g/mol. The molecule has 0 aromatic rings. The number of hydrogen-bond donors (Lipinski definition) is 2. The van der Waals surface area contributed by atoms with Crippen LogP contribution in [0, 0.1) is 0 Å². The summed E-state index contributed by atoms with van der Waals surface area (Å²) in [5, 5.41) is 18.7. The van der Waals surface area contributed by atoms with Crippen molar-refractivity contribution in [3.8, 4) is 0 Å². The zero-order valence-corrected chi connectivity index (χ0v) is 7.59. The summed E-state index contributed by atoms with van der Waals surface area (Å²) in [6, 6.07) is 0. The molecule has 0 spiro atoms. The van der Waals surface area contributed by atoms with Crippen molar-refractivity contribution in [2.45, 2.75) is 45.3 Å². The number of hydrogen-bond acceptors (Lipinski definition) is 2. The van der Waals surface area contributed by atoms with Gasteiger partial charge in [-0.15, -0.1) is 6.58 Å². The summed E-state index contributed by atoms with van der Waals surface area (Å²) in [6.07, 6.45) is 0.698. The zero-order valence-electron chi connectivity index (χ0n) is 7.59. The molecule has 0 unspecified atom stereocenters. The van der Waals surface area contributed by atoms with Gasteiger partial charge in [0.15, 0.2) is 0 Å². The first-order valence-corrected chi connectivity index (χ1v) is 3.89. The highest BCUT2D eigenvalue weighted by molar-refractivity contribution is 4.90. The maximum Gasteiger partial charge on any atom is 0.0849 e. The normalized spacial score (nSPS) is 14.6. The standard InChI is InChI=1S/C9H18O2/c1-7(2)5-6-8(10)9(3,4)11/h8,10-11H,1,5-6H2,2-4H3/t8-/m1/s1. The maximum atomic E-state index is 9.34. The van der Waals surface area contributed by atoms with E-state index in [0.717, 1.165) is 12.0 Å². The fourth-order valence-electron chi connectivity index (χ4n) is 0.736. The van der Waals surface area contributed by atoms with E-state index in [1.54, 1.807) is 13.8 Å². The molecule has 0 radical (unpaired) electrons. The minimum absolute atomic E-state index is 0.582. The first-order valence-electron chi connectivity index (χ1n) is 3.89. The largest absolute Gasteiger partial charge is 0.390 e. The van der Waals surface area contributed by atoms with Crippen LogP contribution in [0.3, 0.4) is 0 Å². The Morgan fingerprint density at radius 1 is 1.55 bits per heavy atom. The van der Waals surface area contributed by atoms with Crippen LogP contribution in [0.15, 0.2) is 12.2 Å². The molecule has 0 heterocycles. The number of allylic oxidation sites excluding steroid dienone is 1. The quantitative estimate of drug-likeness (QED) is 0.608. The lowest BCUT2D eigenvalue weighted by Gasteiger charge is -2.24. The van der Waals surface area contributed by atoms with Crippen molar-refractivity contribution in [2.24, 2.45) is 0 Å². The monoisotopic (exact) mass is 158 g/mol. The molecule has 0 bridgehead atoms. The molecule has 0 aromatic heterocycles. The first kappa shape index (κ1) is 10.7. The summed E-state index contributed by atoms with van der Waals surface area (Å²) in [4.78, 5) is 0. The third-order valence-corrected chi connectivity index (χ3v) is 1.66. The smallest absolute Gasteiger partial charge is 0.0849 e. The molecule has 0 amide bonds. The van der Waals surface area contributed by atoms with Gasteiger partial charge in [-0.1, -0.05) is 5.57 Å². The summed E-state index contributed by atoms with van der Waals surface area (Å²) < 4.78 is 0. The van der Waals surface area contributed by atoms with Gasteiger partial charge in [0, 0.05) is 0 Å². The van der Waals surface area contributed by atoms with Crippen LogP contribution in [-0.2, 0) is 0 Å². The van der Waals surface area contributed by atoms with Gasteiger partial charge in [0.25, 0.3) is 0 Å². The predicted octanol–water partition coefficient (Wildman–Crippen LogP) is 1.47. The van der Waals surface area contributed by atoms with Crippen LogP contribution in [0.25, 0.3) is 0 Å². The SMILES string of the molecule is C=C(C)CC[C@@H](O)C(C)(C)O. The van der Waals surface area contributed by atoms with E-state index in [-0.39, 0.29) is 0 Å². The molecule has 11 heavy (non-hydrogen) atoms. The second-order valence-electron chi connectivity index (χ2n) is 3.67. The summed E-state index contributed by atoms with van der Waals surface area (Å²) in [5.41, 5.74) is 0.0448. The third kappa shape index (κ3) is 4.99. The van der Waals surface area contributed by atoms with E-state index in [0.29, 0.717) is 6.42 Å². The Hall–Kier alpha value is -0.340. The molecule has 0 fully saturated rings. The molecule has 0 aliphatic carbocycles. The second kappa shape index (κ2) is 3.88. The van der Waals surface area contributed by atoms with Crippen LogP contribution in [0.2, 0.25) is 0 Å².